The molecule has 0 saturated heterocycles. The quantitative estimate of drug-likeness (QED) is 0.691. The fourth-order valence-electron chi connectivity index (χ4n) is 1.91. The number of benzene rings is 1. The summed E-state index contributed by atoms with van der Waals surface area (Å²) < 4.78 is 10.3. The second-order valence-electron chi connectivity index (χ2n) is 4.24. The number of aliphatic hydroxyl groups is 1. The molecule has 106 valence electrons. The van der Waals surface area contributed by atoms with E-state index in [1.807, 2.05) is 0 Å². The minimum Gasteiger partial charge on any atom is -0.465 e. The Labute approximate surface area is 119 Å². The third-order valence-electron chi connectivity index (χ3n) is 2.91. The number of methoxy groups -OCH3 is 1. The maximum Gasteiger partial charge on any atom is 0.337 e. The highest BCUT2D eigenvalue weighted by Crippen LogP contribution is 2.27. The zero-order valence-electron chi connectivity index (χ0n) is 11.3. The lowest BCUT2D eigenvalue weighted by Crippen LogP contribution is -2.08. The smallest absolute Gasteiger partial charge is 0.337 e. The predicted octanol–water partition coefficient (Wildman–Crippen LogP) is 2.35. The predicted molar refractivity (Wildman–Crippen MR) is 76.2 cm³/mol. The number of esters is 1. The largest absolute Gasteiger partial charge is 0.465 e. The number of hydrogen-bond donors (Lipinski definition) is 1. The van der Waals surface area contributed by atoms with Crippen molar-refractivity contribution in [3.8, 4) is 0 Å². The van der Waals surface area contributed by atoms with Crippen LogP contribution in [0.2, 0.25) is 0 Å². The lowest BCUT2D eigenvalue weighted by atomic mass is 10.0. The Balaban J connectivity index is 2.85. The molecule has 0 saturated carbocycles. The van der Waals surface area contributed by atoms with Crippen molar-refractivity contribution >= 4 is 28.7 Å². The first-order valence-corrected chi connectivity index (χ1v) is 7.12. The molecule has 1 N–H and O–H groups in total. The lowest BCUT2D eigenvalue weighted by Gasteiger charge is -2.11. The van der Waals surface area contributed by atoms with Gasteiger partial charge in [0.05, 0.1) is 24.2 Å². The maximum absolute atomic E-state index is 12.1. The molecule has 2 rings (SSSR count). The summed E-state index contributed by atoms with van der Waals surface area (Å²) in [6, 6.07) is 4.26. The number of aliphatic hydroxyl groups excluding tert-OH is 1. The Hall–Kier alpha value is -1.79. The Morgan fingerprint density at radius 2 is 2.10 bits per heavy atom. The Bertz CT molecular complexity index is 717. The van der Waals surface area contributed by atoms with Gasteiger partial charge >= 0.3 is 5.97 Å². The maximum atomic E-state index is 12.1. The monoisotopic (exact) mass is 294 g/mol. The van der Waals surface area contributed by atoms with E-state index in [0.717, 1.165) is 0 Å². The molecule has 5 nitrogen and oxygen atoms in total. The van der Waals surface area contributed by atoms with Crippen LogP contribution in [0, 0.1) is 0 Å². The van der Waals surface area contributed by atoms with Gasteiger partial charge in [-0.1, -0.05) is 11.8 Å². The molecule has 0 radical (unpaired) electrons. The van der Waals surface area contributed by atoms with Gasteiger partial charge in [0.15, 0.2) is 10.5 Å². The van der Waals surface area contributed by atoms with Crippen LogP contribution in [0.1, 0.15) is 28.9 Å². The molecule has 0 amide bonds. The molecule has 0 aliphatic heterocycles. The molecule has 2 aromatic rings. The van der Waals surface area contributed by atoms with Crippen molar-refractivity contribution in [1.29, 1.82) is 0 Å². The molecule has 0 aliphatic rings. The van der Waals surface area contributed by atoms with Gasteiger partial charge in [0, 0.05) is 11.6 Å². The lowest BCUT2D eigenvalue weighted by molar-refractivity contribution is 0.0600. The van der Waals surface area contributed by atoms with Crippen molar-refractivity contribution in [3.63, 3.8) is 0 Å². The molecule has 20 heavy (non-hydrogen) atoms. The van der Waals surface area contributed by atoms with E-state index >= 15 is 0 Å². The van der Waals surface area contributed by atoms with Gasteiger partial charge < -0.3 is 14.3 Å². The number of ether oxygens (including phenoxy) is 1. The second kappa shape index (κ2) is 5.68. The Kier molecular flexibility index (Phi) is 4.15. The fourth-order valence-corrected chi connectivity index (χ4v) is 2.30. The van der Waals surface area contributed by atoms with E-state index in [-0.39, 0.29) is 16.4 Å². The SMILES string of the molecule is COC(=O)c1cc(C(C)O)c2oc(SC)cc(=O)c2c1. The van der Waals surface area contributed by atoms with Crippen molar-refractivity contribution in [1.82, 2.24) is 0 Å². The van der Waals surface area contributed by atoms with Crippen LogP contribution < -0.4 is 5.43 Å². The average molecular weight is 294 g/mol. The number of thioether (sulfide) groups is 1. The standard InChI is InChI=1S/C14H14O5S/c1-7(15)9-4-8(14(17)18-2)5-10-11(16)6-12(20-3)19-13(9)10/h4-7,15H,1-3H3. The number of hydrogen-bond acceptors (Lipinski definition) is 6. The summed E-state index contributed by atoms with van der Waals surface area (Å²) >= 11 is 1.29. The van der Waals surface area contributed by atoms with E-state index < -0.39 is 12.1 Å². The van der Waals surface area contributed by atoms with Gasteiger partial charge in [0.1, 0.15) is 5.58 Å². The van der Waals surface area contributed by atoms with E-state index in [1.54, 1.807) is 13.2 Å². The number of carbonyl (C=O) groups is 1. The molecule has 0 aliphatic carbocycles. The van der Waals surface area contributed by atoms with Crippen LogP contribution >= 0.6 is 11.8 Å². The Morgan fingerprint density at radius 3 is 2.65 bits per heavy atom. The normalized spacial score (nSPS) is 12.4. The van der Waals surface area contributed by atoms with Crippen molar-refractivity contribution in [2.75, 3.05) is 13.4 Å². The highest BCUT2D eigenvalue weighted by Gasteiger charge is 2.17. The van der Waals surface area contributed by atoms with E-state index in [0.29, 0.717) is 16.2 Å². The molecule has 0 spiro atoms. The molecule has 1 aromatic carbocycles. The number of fused-ring (bicyclic) bond motifs is 1. The van der Waals surface area contributed by atoms with Crippen molar-refractivity contribution in [3.05, 3.63) is 39.5 Å². The summed E-state index contributed by atoms with van der Waals surface area (Å²) in [4.78, 5) is 23.7. The minimum atomic E-state index is -0.873. The van der Waals surface area contributed by atoms with Gasteiger partial charge in [-0.25, -0.2) is 4.79 Å². The fraction of sp³-hybridized carbons (Fsp3) is 0.286. The summed E-state index contributed by atoms with van der Waals surface area (Å²) in [5, 5.41) is 10.5. The van der Waals surface area contributed by atoms with Crippen molar-refractivity contribution < 1.29 is 19.1 Å². The van der Waals surface area contributed by atoms with Gasteiger partial charge in [-0.05, 0) is 25.3 Å². The summed E-state index contributed by atoms with van der Waals surface area (Å²) in [5.41, 5.74) is 0.628. The summed E-state index contributed by atoms with van der Waals surface area (Å²) in [6.45, 7) is 1.54. The molecule has 6 heteroatoms. The molecule has 1 unspecified atom stereocenters. The molecule has 1 heterocycles. The first-order valence-electron chi connectivity index (χ1n) is 5.90. The van der Waals surface area contributed by atoms with Crippen LogP contribution in [-0.4, -0.2) is 24.4 Å². The van der Waals surface area contributed by atoms with E-state index in [9.17, 15) is 14.7 Å². The first kappa shape index (κ1) is 14.6. The van der Waals surface area contributed by atoms with E-state index in [4.69, 9.17) is 4.42 Å². The highest BCUT2D eigenvalue weighted by atomic mass is 32.2. The van der Waals surface area contributed by atoms with Crippen LogP contribution in [0.5, 0.6) is 0 Å². The van der Waals surface area contributed by atoms with Gasteiger partial charge in [0.2, 0.25) is 0 Å². The minimum absolute atomic E-state index is 0.208. The molecule has 1 atom stereocenters. The van der Waals surface area contributed by atoms with E-state index in [1.165, 1.54) is 37.1 Å². The summed E-state index contributed by atoms with van der Waals surface area (Å²) in [5.74, 6) is -0.567. The number of carbonyl (C=O) groups excluding carboxylic acids is 1. The van der Waals surface area contributed by atoms with Crippen LogP contribution in [-0.2, 0) is 4.74 Å². The molecule has 1 aromatic heterocycles. The molecular weight excluding hydrogens is 280 g/mol. The zero-order valence-corrected chi connectivity index (χ0v) is 12.1. The topological polar surface area (TPSA) is 76.7 Å². The third-order valence-corrected chi connectivity index (χ3v) is 3.51. The average Bonchev–Trinajstić information content (AvgIpc) is 2.45. The summed E-state index contributed by atoms with van der Waals surface area (Å²) in [7, 11) is 1.26. The van der Waals surface area contributed by atoms with Crippen LogP contribution in [0.15, 0.2) is 32.5 Å². The van der Waals surface area contributed by atoms with Crippen LogP contribution in [0.4, 0.5) is 0 Å². The van der Waals surface area contributed by atoms with Gasteiger partial charge in [-0.3, -0.25) is 4.79 Å². The highest BCUT2D eigenvalue weighted by molar-refractivity contribution is 7.98. The van der Waals surface area contributed by atoms with Crippen molar-refractivity contribution in [2.24, 2.45) is 0 Å². The van der Waals surface area contributed by atoms with Gasteiger partial charge in [-0.2, -0.15) is 0 Å². The molecule has 0 bridgehead atoms. The molecule has 0 fully saturated rings. The van der Waals surface area contributed by atoms with Crippen LogP contribution in [0.25, 0.3) is 11.0 Å². The zero-order chi connectivity index (χ0) is 14.9. The Morgan fingerprint density at radius 1 is 1.40 bits per heavy atom. The third kappa shape index (κ3) is 2.57. The first-order chi connectivity index (χ1) is 9.47. The van der Waals surface area contributed by atoms with Crippen molar-refractivity contribution in [2.45, 2.75) is 18.1 Å². The van der Waals surface area contributed by atoms with Gasteiger partial charge in [0.25, 0.3) is 0 Å². The second-order valence-corrected chi connectivity index (χ2v) is 5.05. The van der Waals surface area contributed by atoms with Crippen LogP contribution in [0.3, 0.4) is 0 Å². The van der Waals surface area contributed by atoms with Gasteiger partial charge in [-0.15, -0.1) is 0 Å². The summed E-state index contributed by atoms with van der Waals surface area (Å²) in [6.07, 6.45) is 0.914. The molecular formula is C14H14O5S. The number of rotatable bonds is 3. The van der Waals surface area contributed by atoms with E-state index in [2.05, 4.69) is 4.74 Å².